The lowest BCUT2D eigenvalue weighted by Crippen LogP contribution is -2.58. The molecule has 0 radical (unpaired) electrons. The molecule has 2 aliphatic rings. The van der Waals surface area contributed by atoms with Gasteiger partial charge >= 0.3 is 16.2 Å². The summed E-state index contributed by atoms with van der Waals surface area (Å²) in [6.07, 6.45) is 3.26. The number of oxime groups is 1. The predicted octanol–water partition coefficient (Wildman–Crippen LogP) is -0.309. The number of hydrogen-bond acceptors (Lipinski definition) is 10. The van der Waals surface area contributed by atoms with E-state index in [4.69, 9.17) is 16.0 Å². The van der Waals surface area contributed by atoms with Crippen molar-refractivity contribution in [1.29, 1.82) is 0 Å². The van der Waals surface area contributed by atoms with Gasteiger partial charge in [0.2, 0.25) is 5.91 Å². The summed E-state index contributed by atoms with van der Waals surface area (Å²) < 4.78 is 29.6. The molecule has 1 saturated heterocycles. The van der Waals surface area contributed by atoms with Crippen LogP contribution in [0, 0.1) is 0 Å². The van der Waals surface area contributed by atoms with E-state index in [1.54, 1.807) is 18.2 Å². The molecule has 0 spiro atoms. The SMILES string of the molecule is CN1CCc2nc(C(=O)N3CCN(S(=O)(=O)n4cc5ccc(C(N)=NO)cc5c4)CC3CC(=O)NCC(=O)O)sc2C1. The molecule has 5 rings (SSSR count). The number of nitrogens with zero attached hydrogens (tertiary/aromatic N) is 6. The third-order valence-electron chi connectivity index (χ3n) is 7.28. The molecule has 1 unspecified atom stereocenters. The van der Waals surface area contributed by atoms with E-state index in [2.05, 4.69) is 20.4 Å². The van der Waals surface area contributed by atoms with Crippen LogP contribution < -0.4 is 11.1 Å². The largest absolute Gasteiger partial charge is 0.480 e. The molecule has 1 aromatic carbocycles. The number of amides is 2. The molecule has 1 fully saturated rings. The van der Waals surface area contributed by atoms with Crippen LogP contribution in [0.2, 0.25) is 0 Å². The number of fused-ring (bicyclic) bond motifs is 2. The van der Waals surface area contributed by atoms with Crippen molar-refractivity contribution >= 4 is 55.9 Å². The molecule has 3 aromatic rings. The number of aromatic nitrogens is 2. The second kappa shape index (κ2) is 11.7. The van der Waals surface area contributed by atoms with Gasteiger partial charge in [-0.2, -0.15) is 12.7 Å². The zero-order valence-electron chi connectivity index (χ0n) is 22.6. The minimum Gasteiger partial charge on any atom is -0.480 e. The normalized spacial score (nSPS) is 18.6. The first-order chi connectivity index (χ1) is 20.0. The highest BCUT2D eigenvalue weighted by Crippen LogP contribution is 2.28. The topological polar surface area (TPSA) is 204 Å². The maximum Gasteiger partial charge on any atom is 0.322 e. The molecule has 1 atom stereocenters. The standard InChI is InChI=1S/C25H30N8O7S2/c1-30-5-4-19-20(14-30)41-24(28-19)25(37)33-7-6-31(13-18(33)9-21(34)27-10-22(35)36)42(39,40)32-11-16-3-2-15(23(26)29-38)8-17(16)12-32/h2-3,8,11-12,18,38H,4-7,9-10,13-14H2,1H3,(H2,26,29)(H,27,34)(H,35,36). The van der Waals surface area contributed by atoms with E-state index in [-0.39, 0.29) is 36.9 Å². The Hall–Kier alpha value is -4.06. The Morgan fingerprint density at radius 1 is 1.19 bits per heavy atom. The third-order valence-corrected chi connectivity index (χ3v) is 10.1. The third kappa shape index (κ3) is 5.94. The van der Waals surface area contributed by atoms with Crippen molar-refractivity contribution < 1.29 is 33.1 Å². The van der Waals surface area contributed by atoms with E-state index in [1.807, 2.05) is 7.05 Å². The first kappa shape index (κ1) is 29.4. The van der Waals surface area contributed by atoms with Crippen molar-refractivity contribution in [2.24, 2.45) is 10.9 Å². The molecule has 0 bridgehead atoms. The van der Waals surface area contributed by atoms with Crippen molar-refractivity contribution in [2.75, 3.05) is 39.8 Å². The summed E-state index contributed by atoms with van der Waals surface area (Å²) in [5.74, 6) is -2.36. The Labute approximate surface area is 245 Å². The number of carbonyl (C=O) groups is 3. The van der Waals surface area contributed by atoms with Crippen LogP contribution in [0.3, 0.4) is 0 Å². The second-order valence-electron chi connectivity index (χ2n) is 10.2. The quantitative estimate of drug-likeness (QED) is 0.112. The number of amidine groups is 1. The zero-order chi connectivity index (χ0) is 30.2. The van der Waals surface area contributed by atoms with Gasteiger partial charge in [-0.3, -0.25) is 14.4 Å². The molecule has 4 heterocycles. The summed E-state index contributed by atoms with van der Waals surface area (Å²) >= 11 is 1.30. The molecule has 15 nitrogen and oxygen atoms in total. The van der Waals surface area contributed by atoms with Gasteiger partial charge in [-0.05, 0) is 13.1 Å². The molecule has 224 valence electrons. The average molecular weight is 619 g/mol. The number of carbonyl (C=O) groups excluding carboxylic acids is 2. The number of aliphatic carboxylic acids is 1. The zero-order valence-corrected chi connectivity index (χ0v) is 24.3. The highest BCUT2D eigenvalue weighted by molar-refractivity contribution is 7.87. The maximum atomic E-state index is 13.7. The molecule has 42 heavy (non-hydrogen) atoms. The Kier molecular flexibility index (Phi) is 8.18. The van der Waals surface area contributed by atoms with Gasteiger partial charge in [0.25, 0.3) is 5.91 Å². The molecule has 17 heteroatoms. The number of carboxylic acids is 1. The van der Waals surface area contributed by atoms with Crippen LogP contribution in [0.25, 0.3) is 10.8 Å². The molecule has 2 amide bonds. The number of nitrogens with two attached hydrogens (primary N) is 1. The van der Waals surface area contributed by atoms with Gasteiger partial charge in [0, 0.05) is 79.2 Å². The Morgan fingerprint density at radius 2 is 1.95 bits per heavy atom. The fourth-order valence-electron chi connectivity index (χ4n) is 5.08. The van der Waals surface area contributed by atoms with Gasteiger partial charge < -0.3 is 31.2 Å². The minimum atomic E-state index is -4.12. The van der Waals surface area contributed by atoms with Crippen LogP contribution in [0.1, 0.15) is 32.4 Å². The van der Waals surface area contributed by atoms with E-state index in [9.17, 15) is 22.8 Å². The van der Waals surface area contributed by atoms with Gasteiger partial charge in [-0.15, -0.1) is 11.3 Å². The van der Waals surface area contributed by atoms with Crippen LogP contribution in [-0.4, -0.2) is 111 Å². The summed E-state index contributed by atoms with van der Waals surface area (Å²) in [7, 11) is -2.14. The van der Waals surface area contributed by atoms with Gasteiger partial charge in [0.05, 0.1) is 11.7 Å². The number of nitrogens with one attached hydrogen (secondary N) is 1. The van der Waals surface area contributed by atoms with Crippen LogP contribution in [0.15, 0.2) is 35.7 Å². The number of piperazine rings is 1. The van der Waals surface area contributed by atoms with Crippen LogP contribution >= 0.6 is 11.3 Å². The fraction of sp³-hybridized carbons (Fsp3) is 0.400. The van der Waals surface area contributed by atoms with Crippen molar-refractivity contribution in [1.82, 2.24) is 28.4 Å². The second-order valence-corrected chi connectivity index (χ2v) is 13.1. The lowest BCUT2D eigenvalue weighted by molar-refractivity contribution is -0.138. The minimum absolute atomic E-state index is 0.00746. The lowest BCUT2D eigenvalue weighted by Gasteiger charge is -2.40. The predicted molar refractivity (Wildman–Crippen MR) is 153 cm³/mol. The van der Waals surface area contributed by atoms with E-state index >= 15 is 0 Å². The number of thiazole rings is 1. The highest BCUT2D eigenvalue weighted by atomic mass is 32.2. The smallest absolute Gasteiger partial charge is 0.322 e. The van der Waals surface area contributed by atoms with Crippen molar-refractivity contribution in [3.63, 3.8) is 0 Å². The van der Waals surface area contributed by atoms with Gasteiger partial charge in [-0.25, -0.2) is 8.96 Å². The molecule has 0 saturated carbocycles. The molecule has 0 aliphatic carbocycles. The molecule has 5 N–H and O–H groups in total. The first-order valence-electron chi connectivity index (χ1n) is 13.0. The fourth-order valence-corrected chi connectivity index (χ4v) is 7.65. The summed E-state index contributed by atoms with van der Waals surface area (Å²) in [6, 6.07) is 3.97. The Balaban J connectivity index is 1.40. The van der Waals surface area contributed by atoms with E-state index in [0.717, 1.165) is 27.5 Å². The van der Waals surface area contributed by atoms with Crippen molar-refractivity contribution in [3.05, 3.63) is 51.7 Å². The van der Waals surface area contributed by atoms with Gasteiger partial charge in [0.15, 0.2) is 10.8 Å². The average Bonchev–Trinajstić information content (AvgIpc) is 3.59. The van der Waals surface area contributed by atoms with Crippen molar-refractivity contribution in [2.45, 2.75) is 25.4 Å². The molecular weight excluding hydrogens is 588 g/mol. The van der Waals surface area contributed by atoms with Crippen LogP contribution in [-0.2, 0) is 32.8 Å². The van der Waals surface area contributed by atoms with E-state index < -0.39 is 40.6 Å². The van der Waals surface area contributed by atoms with E-state index in [0.29, 0.717) is 22.9 Å². The lowest BCUT2D eigenvalue weighted by atomic mass is 10.1. The maximum absolute atomic E-state index is 13.7. The van der Waals surface area contributed by atoms with Crippen LogP contribution in [0.5, 0.6) is 0 Å². The number of carboxylic acid groups (broad SMARTS) is 1. The summed E-state index contributed by atoms with van der Waals surface area (Å²) in [5, 5.41) is 24.6. The monoisotopic (exact) mass is 618 g/mol. The first-order valence-corrected chi connectivity index (χ1v) is 15.2. The van der Waals surface area contributed by atoms with Gasteiger partial charge in [0.1, 0.15) is 6.54 Å². The Bertz CT molecular complexity index is 1680. The highest BCUT2D eigenvalue weighted by Gasteiger charge is 2.39. The van der Waals surface area contributed by atoms with Crippen molar-refractivity contribution in [3.8, 4) is 0 Å². The number of benzene rings is 1. The summed E-state index contributed by atoms with van der Waals surface area (Å²) in [4.78, 5) is 46.4. The molecule has 2 aliphatic heterocycles. The van der Waals surface area contributed by atoms with Gasteiger partial charge in [-0.1, -0.05) is 17.3 Å². The van der Waals surface area contributed by atoms with E-state index in [1.165, 1.54) is 32.9 Å². The molecule has 2 aromatic heterocycles. The Morgan fingerprint density at radius 3 is 2.69 bits per heavy atom. The number of rotatable bonds is 8. The number of likely N-dealkylation sites (N-methyl/N-ethyl adjacent to an activating group) is 1. The number of hydrogen-bond donors (Lipinski definition) is 4. The summed E-state index contributed by atoms with van der Waals surface area (Å²) in [5.41, 5.74) is 6.95. The van der Waals surface area contributed by atoms with Crippen LogP contribution in [0.4, 0.5) is 0 Å². The molecular formula is C25H30N8O7S2. The summed E-state index contributed by atoms with van der Waals surface area (Å²) in [6.45, 7) is 0.696.